The van der Waals surface area contributed by atoms with Gasteiger partial charge in [0, 0.05) is 16.7 Å². The standard InChI is InChI=1S/C19H20BrN3O4/c1-12-10-13(20)6-7-14(12)22-17(24)11-21-18(25)15-4-2-8-23(15)19(26)16-5-3-9-27-16/h3,5-7,9-10,15H,2,4,8,11H2,1H3,(H,21,25)(H,22,24). The van der Waals surface area contributed by atoms with Gasteiger partial charge in [-0.15, -0.1) is 0 Å². The van der Waals surface area contributed by atoms with Gasteiger partial charge in [0.25, 0.3) is 5.91 Å². The number of halogens is 1. The van der Waals surface area contributed by atoms with Crippen molar-refractivity contribution >= 4 is 39.3 Å². The fourth-order valence-electron chi connectivity index (χ4n) is 3.07. The molecule has 1 fully saturated rings. The molecule has 27 heavy (non-hydrogen) atoms. The molecule has 8 heteroatoms. The van der Waals surface area contributed by atoms with Crippen LogP contribution in [0.3, 0.4) is 0 Å². The summed E-state index contributed by atoms with van der Waals surface area (Å²) < 4.78 is 6.05. The number of anilines is 1. The highest BCUT2D eigenvalue weighted by Gasteiger charge is 2.35. The van der Waals surface area contributed by atoms with Crippen LogP contribution in [0.1, 0.15) is 29.0 Å². The zero-order valence-electron chi connectivity index (χ0n) is 14.8. The number of carbonyl (C=O) groups excluding carboxylic acids is 3. The molecule has 1 unspecified atom stereocenters. The number of rotatable bonds is 5. The summed E-state index contributed by atoms with van der Waals surface area (Å²) in [6, 6.07) is 8.13. The highest BCUT2D eigenvalue weighted by Crippen LogP contribution is 2.21. The molecule has 0 spiro atoms. The number of likely N-dealkylation sites (tertiary alicyclic amines) is 1. The summed E-state index contributed by atoms with van der Waals surface area (Å²) in [7, 11) is 0. The lowest BCUT2D eigenvalue weighted by molar-refractivity contribution is -0.127. The molecule has 142 valence electrons. The summed E-state index contributed by atoms with van der Waals surface area (Å²) in [5, 5.41) is 5.39. The molecular weight excluding hydrogens is 414 g/mol. The Morgan fingerprint density at radius 1 is 1.30 bits per heavy atom. The van der Waals surface area contributed by atoms with E-state index in [0.29, 0.717) is 18.7 Å². The van der Waals surface area contributed by atoms with Gasteiger partial charge in [0.2, 0.25) is 11.8 Å². The molecule has 1 saturated heterocycles. The first-order chi connectivity index (χ1) is 13.0. The van der Waals surface area contributed by atoms with Crippen molar-refractivity contribution in [3.05, 3.63) is 52.4 Å². The van der Waals surface area contributed by atoms with Gasteiger partial charge < -0.3 is 20.0 Å². The van der Waals surface area contributed by atoms with Crippen molar-refractivity contribution in [1.29, 1.82) is 0 Å². The summed E-state index contributed by atoms with van der Waals surface area (Å²) in [4.78, 5) is 38.5. The minimum atomic E-state index is -0.593. The van der Waals surface area contributed by atoms with E-state index in [1.807, 2.05) is 19.1 Å². The van der Waals surface area contributed by atoms with Crippen LogP contribution < -0.4 is 10.6 Å². The first-order valence-electron chi connectivity index (χ1n) is 8.64. The number of nitrogens with one attached hydrogen (secondary N) is 2. The number of benzene rings is 1. The van der Waals surface area contributed by atoms with Crippen molar-refractivity contribution in [3.63, 3.8) is 0 Å². The van der Waals surface area contributed by atoms with Crippen LogP contribution in [-0.4, -0.2) is 41.8 Å². The number of aryl methyl sites for hydroxylation is 1. The zero-order valence-corrected chi connectivity index (χ0v) is 16.4. The minimum Gasteiger partial charge on any atom is -0.459 e. The van der Waals surface area contributed by atoms with E-state index in [2.05, 4.69) is 26.6 Å². The summed E-state index contributed by atoms with van der Waals surface area (Å²) in [6.45, 7) is 2.21. The molecule has 1 atom stereocenters. The highest BCUT2D eigenvalue weighted by molar-refractivity contribution is 9.10. The number of carbonyl (C=O) groups is 3. The summed E-state index contributed by atoms with van der Waals surface area (Å²) in [5.74, 6) is -0.767. The Bertz CT molecular complexity index is 851. The second kappa shape index (κ2) is 8.39. The van der Waals surface area contributed by atoms with Gasteiger partial charge in [0.1, 0.15) is 6.04 Å². The fourth-order valence-corrected chi connectivity index (χ4v) is 3.55. The van der Waals surface area contributed by atoms with E-state index < -0.39 is 6.04 Å². The summed E-state index contributed by atoms with van der Waals surface area (Å²) in [6.07, 6.45) is 2.72. The van der Waals surface area contributed by atoms with Crippen LogP contribution in [0.2, 0.25) is 0 Å². The van der Waals surface area contributed by atoms with Crippen LogP contribution in [0.15, 0.2) is 45.5 Å². The topological polar surface area (TPSA) is 91.7 Å². The molecule has 3 rings (SSSR count). The molecule has 0 saturated carbocycles. The van der Waals surface area contributed by atoms with Gasteiger partial charge in [-0.2, -0.15) is 0 Å². The van der Waals surface area contributed by atoms with Crippen molar-refractivity contribution in [3.8, 4) is 0 Å². The third-order valence-electron chi connectivity index (χ3n) is 4.43. The Hall–Kier alpha value is -2.61. The van der Waals surface area contributed by atoms with Crippen molar-refractivity contribution < 1.29 is 18.8 Å². The largest absolute Gasteiger partial charge is 0.459 e. The molecule has 0 bridgehead atoms. The summed E-state index contributed by atoms with van der Waals surface area (Å²) in [5.41, 5.74) is 1.60. The van der Waals surface area contributed by atoms with Gasteiger partial charge in [-0.1, -0.05) is 15.9 Å². The molecule has 1 aliphatic heterocycles. The monoisotopic (exact) mass is 433 g/mol. The molecule has 2 aromatic rings. The normalized spacial score (nSPS) is 16.2. The molecule has 1 aliphatic rings. The maximum absolute atomic E-state index is 12.5. The molecule has 7 nitrogen and oxygen atoms in total. The van der Waals surface area contributed by atoms with Crippen molar-refractivity contribution in [2.45, 2.75) is 25.8 Å². The van der Waals surface area contributed by atoms with E-state index in [0.717, 1.165) is 16.5 Å². The Morgan fingerprint density at radius 3 is 2.81 bits per heavy atom. The van der Waals surface area contributed by atoms with Gasteiger partial charge in [-0.05, 0) is 55.7 Å². The smallest absolute Gasteiger partial charge is 0.290 e. The van der Waals surface area contributed by atoms with Crippen LogP contribution in [0.4, 0.5) is 5.69 Å². The van der Waals surface area contributed by atoms with E-state index >= 15 is 0 Å². The maximum Gasteiger partial charge on any atom is 0.290 e. The Kier molecular flexibility index (Phi) is 5.95. The number of nitrogens with zero attached hydrogens (tertiary/aromatic N) is 1. The Morgan fingerprint density at radius 2 is 2.11 bits per heavy atom. The van der Waals surface area contributed by atoms with E-state index in [9.17, 15) is 14.4 Å². The fraction of sp³-hybridized carbons (Fsp3) is 0.316. The predicted molar refractivity (Wildman–Crippen MR) is 103 cm³/mol. The van der Waals surface area contributed by atoms with E-state index in [1.54, 1.807) is 18.2 Å². The average molecular weight is 434 g/mol. The lowest BCUT2D eigenvalue weighted by Crippen LogP contribution is -2.47. The van der Waals surface area contributed by atoms with Crippen LogP contribution >= 0.6 is 15.9 Å². The lowest BCUT2D eigenvalue weighted by Gasteiger charge is -2.22. The van der Waals surface area contributed by atoms with E-state index in [1.165, 1.54) is 11.2 Å². The molecule has 2 heterocycles. The van der Waals surface area contributed by atoms with Crippen LogP contribution in [0.25, 0.3) is 0 Å². The van der Waals surface area contributed by atoms with E-state index in [-0.39, 0.29) is 30.0 Å². The van der Waals surface area contributed by atoms with Crippen molar-refractivity contribution in [2.24, 2.45) is 0 Å². The first kappa shape index (κ1) is 19.2. The molecule has 1 aromatic carbocycles. The van der Waals surface area contributed by atoms with Gasteiger partial charge in [0.15, 0.2) is 5.76 Å². The number of hydrogen-bond donors (Lipinski definition) is 2. The summed E-state index contributed by atoms with van der Waals surface area (Å²) >= 11 is 3.37. The highest BCUT2D eigenvalue weighted by atomic mass is 79.9. The number of furan rings is 1. The molecule has 2 N–H and O–H groups in total. The second-order valence-electron chi connectivity index (χ2n) is 6.36. The molecular formula is C19H20BrN3O4. The molecule has 0 aliphatic carbocycles. The Labute approximate surface area is 165 Å². The zero-order chi connectivity index (χ0) is 19.4. The third-order valence-corrected chi connectivity index (χ3v) is 4.93. The molecule has 1 aromatic heterocycles. The first-order valence-corrected chi connectivity index (χ1v) is 9.43. The van der Waals surface area contributed by atoms with Crippen LogP contribution in [0.5, 0.6) is 0 Å². The average Bonchev–Trinajstić information content (AvgIpc) is 3.33. The van der Waals surface area contributed by atoms with Gasteiger partial charge in [-0.3, -0.25) is 14.4 Å². The van der Waals surface area contributed by atoms with Crippen molar-refractivity contribution in [2.75, 3.05) is 18.4 Å². The number of hydrogen-bond acceptors (Lipinski definition) is 4. The number of amides is 3. The van der Waals surface area contributed by atoms with Gasteiger partial charge in [0.05, 0.1) is 12.8 Å². The quantitative estimate of drug-likeness (QED) is 0.757. The van der Waals surface area contributed by atoms with E-state index in [4.69, 9.17) is 4.42 Å². The van der Waals surface area contributed by atoms with Crippen LogP contribution in [0, 0.1) is 6.92 Å². The van der Waals surface area contributed by atoms with Crippen molar-refractivity contribution in [1.82, 2.24) is 10.2 Å². The SMILES string of the molecule is Cc1cc(Br)ccc1NC(=O)CNC(=O)C1CCCN1C(=O)c1ccco1. The van der Waals surface area contributed by atoms with Gasteiger partial charge in [-0.25, -0.2) is 0 Å². The lowest BCUT2D eigenvalue weighted by atomic mass is 10.2. The van der Waals surface area contributed by atoms with Crippen LogP contribution in [-0.2, 0) is 9.59 Å². The molecule has 0 radical (unpaired) electrons. The third kappa shape index (κ3) is 4.57. The maximum atomic E-state index is 12.5. The molecule has 3 amide bonds. The minimum absolute atomic E-state index is 0.159. The second-order valence-corrected chi connectivity index (χ2v) is 7.27. The van der Waals surface area contributed by atoms with Gasteiger partial charge >= 0.3 is 0 Å². The Balaban J connectivity index is 1.55. The predicted octanol–water partition coefficient (Wildman–Crippen LogP) is 2.71.